The number of hydrogen-bond acceptors (Lipinski definition) is 2. The fraction of sp³-hybridized carbons (Fsp3) is 0.786. The monoisotopic (exact) mass is 224 g/mol. The van der Waals surface area contributed by atoms with Gasteiger partial charge in [0.15, 0.2) is 0 Å². The number of ether oxygens (including phenoxy) is 1. The molecule has 0 bridgehead atoms. The number of allylic oxidation sites excluding steroid dienone is 1. The van der Waals surface area contributed by atoms with E-state index in [1.54, 1.807) is 7.11 Å². The maximum absolute atomic E-state index is 11.7. The number of ketones is 1. The first-order chi connectivity index (χ1) is 7.38. The molecule has 2 atom stereocenters. The Balaban J connectivity index is 2.83. The van der Waals surface area contributed by atoms with Gasteiger partial charge in [-0.25, -0.2) is 0 Å². The minimum atomic E-state index is 0.0906. The quantitative estimate of drug-likeness (QED) is 0.687. The Morgan fingerprint density at radius 2 is 2.19 bits per heavy atom. The predicted molar refractivity (Wildman–Crippen MR) is 66.4 cm³/mol. The van der Waals surface area contributed by atoms with E-state index in [-0.39, 0.29) is 17.4 Å². The van der Waals surface area contributed by atoms with Crippen molar-refractivity contribution in [1.29, 1.82) is 0 Å². The molecule has 2 nitrogen and oxygen atoms in total. The van der Waals surface area contributed by atoms with Gasteiger partial charge in [0.25, 0.3) is 0 Å². The van der Waals surface area contributed by atoms with E-state index in [9.17, 15) is 4.79 Å². The molecular weight excluding hydrogens is 200 g/mol. The maximum Gasteiger partial charge on any atom is 0.139 e. The van der Waals surface area contributed by atoms with E-state index in [0.29, 0.717) is 5.78 Å². The summed E-state index contributed by atoms with van der Waals surface area (Å²) in [5.41, 5.74) is 1.47. The first-order valence-electron chi connectivity index (χ1n) is 6.14. The van der Waals surface area contributed by atoms with Crippen LogP contribution < -0.4 is 0 Å². The summed E-state index contributed by atoms with van der Waals surface area (Å²) in [6.45, 7) is 8.56. The summed E-state index contributed by atoms with van der Waals surface area (Å²) in [4.78, 5) is 11.7. The highest BCUT2D eigenvalue weighted by Gasteiger charge is 2.35. The van der Waals surface area contributed by atoms with Crippen LogP contribution in [0.4, 0.5) is 0 Å². The second-order valence-electron chi connectivity index (χ2n) is 5.51. The minimum absolute atomic E-state index is 0.0906. The van der Waals surface area contributed by atoms with Crippen LogP contribution in [0.3, 0.4) is 0 Å². The number of carbonyl (C=O) groups excluding carboxylic acids is 1. The van der Waals surface area contributed by atoms with Crippen molar-refractivity contribution in [2.24, 2.45) is 11.3 Å². The zero-order valence-electron chi connectivity index (χ0n) is 11.2. The van der Waals surface area contributed by atoms with Crippen molar-refractivity contribution in [3.05, 3.63) is 11.6 Å². The van der Waals surface area contributed by atoms with Gasteiger partial charge >= 0.3 is 0 Å². The van der Waals surface area contributed by atoms with E-state index >= 15 is 0 Å². The van der Waals surface area contributed by atoms with Crippen LogP contribution >= 0.6 is 0 Å². The number of hydrogen-bond donors (Lipinski definition) is 0. The second kappa shape index (κ2) is 5.13. The molecule has 1 saturated carbocycles. The lowest BCUT2D eigenvalue weighted by Gasteiger charge is -2.36. The molecule has 0 radical (unpaired) electrons. The Hall–Kier alpha value is -0.630. The lowest BCUT2D eigenvalue weighted by atomic mass is 9.67. The van der Waals surface area contributed by atoms with Crippen molar-refractivity contribution in [3.63, 3.8) is 0 Å². The molecule has 0 aromatic rings. The SMILES string of the molecule is COC(C)C/C=C1/C(C)C(=O)CCC1(C)C. The Labute approximate surface area is 99.1 Å². The number of methoxy groups -OCH3 is 1. The molecule has 0 heterocycles. The van der Waals surface area contributed by atoms with Gasteiger partial charge in [-0.3, -0.25) is 4.79 Å². The topological polar surface area (TPSA) is 26.3 Å². The van der Waals surface area contributed by atoms with Crippen molar-refractivity contribution in [2.75, 3.05) is 7.11 Å². The largest absolute Gasteiger partial charge is 0.381 e. The summed E-state index contributed by atoms with van der Waals surface area (Å²) in [7, 11) is 1.73. The van der Waals surface area contributed by atoms with E-state index in [0.717, 1.165) is 19.3 Å². The van der Waals surface area contributed by atoms with Gasteiger partial charge in [-0.15, -0.1) is 0 Å². The van der Waals surface area contributed by atoms with Crippen molar-refractivity contribution >= 4 is 5.78 Å². The fourth-order valence-electron chi connectivity index (χ4n) is 2.40. The molecule has 0 aromatic carbocycles. The molecule has 0 amide bonds. The maximum atomic E-state index is 11.7. The van der Waals surface area contributed by atoms with Crippen LogP contribution in [0.1, 0.15) is 47.0 Å². The molecule has 0 aliphatic heterocycles. The third kappa shape index (κ3) is 2.94. The first kappa shape index (κ1) is 13.4. The Morgan fingerprint density at radius 3 is 2.75 bits per heavy atom. The zero-order valence-corrected chi connectivity index (χ0v) is 11.2. The van der Waals surface area contributed by atoms with Gasteiger partial charge in [-0.2, -0.15) is 0 Å². The molecule has 2 heteroatoms. The van der Waals surface area contributed by atoms with E-state index in [1.807, 2.05) is 6.92 Å². The van der Waals surface area contributed by atoms with Crippen LogP contribution in [0.25, 0.3) is 0 Å². The van der Waals surface area contributed by atoms with Crippen LogP contribution in [0.5, 0.6) is 0 Å². The summed E-state index contributed by atoms with van der Waals surface area (Å²) in [6, 6.07) is 0. The molecule has 0 saturated heterocycles. The number of rotatable bonds is 3. The van der Waals surface area contributed by atoms with Gasteiger partial charge in [-0.1, -0.05) is 32.4 Å². The predicted octanol–water partition coefficient (Wildman–Crippen LogP) is 3.36. The van der Waals surface area contributed by atoms with Crippen molar-refractivity contribution in [2.45, 2.75) is 53.1 Å². The molecule has 1 fully saturated rings. The van der Waals surface area contributed by atoms with Crippen molar-refractivity contribution in [3.8, 4) is 0 Å². The van der Waals surface area contributed by atoms with Crippen LogP contribution in [0, 0.1) is 11.3 Å². The highest BCUT2D eigenvalue weighted by atomic mass is 16.5. The van der Waals surface area contributed by atoms with Gasteiger partial charge in [0.1, 0.15) is 5.78 Å². The van der Waals surface area contributed by atoms with Crippen LogP contribution in [0.2, 0.25) is 0 Å². The molecule has 2 unspecified atom stereocenters. The van der Waals surface area contributed by atoms with Crippen molar-refractivity contribution in [1.82, 2.24) is 0 Å². The lowest BCUT2D eigenvalue weighted by Crippen LogP contribution is -2.31. The summed E-state index contributed by atoms with van der Waals surface area (Å²) in [5, 5.41) is 0. The van der Waals surface area contributed by atoms with Gasteiger partial charge in [0.2, 0.25) is 0 Å². The fourth-order valence-corrected chi connectivity index (χ4v) is 2.40. The van der Waals surface area contributed by atoms with Crippen LogP contribution in [-0.2, 0) is 9.53 Å². The Morgan fingerprint density at radius 1 is 1.56 bits per heavy atom. The van der Waals surface area contributed by atoms with Crippen LogP contribution in [0.15, 0.2) is 11.6 Å². The van der Waals surface area contributed by atoms with Gasteiger partial charge < -0.3 is 4.74 Å². The summed E-state index contributed by atoms with van der Waals surface area (Å²) < 4.78 is 5.24. The Kier molecular flexibility index (Phi) is 4.31. The Bertz CT molecular complexity index is 289. The average molecular weight is 224 g/mol. The summed E-state index contributed by atoms with van der Waals surface area (Å²) >= 11 is 0. The van der Waals surface area contributed by atoms with Crippen LogP contribution in [-0.4, -0.2) is 19.0 Å². The average Bonchev–Trinajstić information content (AvgIpc) is 2.23. The molecule has 1 aliphatic rings. The molecule has 0 N–H and O–H groups in total. The van der Waals surface area contributed by atoms with E-state index in [4.69, 9.17) is 4.74 Å². The molecular formula is C14H24O2. The van der Waals surface area contributed by atoms with E-state index in [1.165, 1.54) is 5.57 Å². The molecule has 1 aliphatic carbocycles. The van der Waals surface area contributed by atoms with Gasteiger partial charge in [0.05, 0.1) is 6.10 Å². The minimum Gasteiger partial charge on any atom is -0.381 e. The van der Waals surface area contributed by atoms with Crippen molar-refractivity contribution < 1.29 is 9.53 Å². The second-order valence-corrected chi connectivity index (χ2v) is 5.51. The van der Waals surface area contributed by atoms with Gasteiger partial charge in [-0.05, 0) is 25.2 Å². The lowest BCUT2D eigenvalue weighted by molar-refractivity contribution is -0.123. The number of Topliss-reactive ketones (excluding diaryl/α,β-unsaturated/α-hetero) is 1. The molecule has 1 rings (SSSR count). The molecule has 92 valence electrons. The summed E-state index contributed by atoms with van der Waals surface area (Å²) in [6.07, 6.45) is 5.05. The zero-order chi connectivity index (χ0) is 12.3. The summed E-state index contributed by atoms with van der Waals surface area (Å²) in [5.74, 6) is 0.475. The standard InChI is InChI=1S/C14H24O2/c1-10(16-5)6-7-12-11(2)13(15)8-9-14(12,3)4/h7,10-11H,6,8-9H2,1-5H3/b12-7-. The molecule has 0 aromatic heterocycles. The van der Waals surface area contributed by atoms with E-state index < -0.39 is 0 Å². The normalized spacial score (nSPS) is 29.4. The highest BCUT2D eigenvalue weighted by Crippen LogP contribution is 2.42. The van der Waals surface area contributed by atoms with E-state index in [2.05, 4.69) is 26.8 Å². The third-order valence-corrected chi connectivity index (χ3v) is 3.80. The van der Waals surface area contributed by atoms with Gasteiger partial charge in [0, 0.05) is 19.4 Å². The smallest absolute Gasteiger partial charge is 0.139 e. The molecule has 0 spiro atoms. The number of carbonyl (C=O) groups is 1. The molecule has 16 heavy (non-hydrogen) atoms. The first-order valence-corrected chi connectivity index (χ1v) is 6.14. The third-order valence-electron chi connectivity index (χ3n) is 3.80. The highest BCUT2D eigenvalue weighted by molar-refractivity contribution is 5.85.